The lowest BCUT2D eigenvalue weighted by atomic mass is 10.1. The predicted octanol–water partition coefficient (Wildman–Crippen LogP) is 2.73. The molecule has 0 spiro atoms. The third-order valence-corrected chi connectivity index (χ3v) is 2.75. The summed E-state index contributed by atoms with van der Waals surface area (Å²) in [7, 11) is 0. The normalized spacial score (nSPS) is 11.5. The Kier molecular flexibility index (Phi) is 2.67. The van der Waals surface area contributed by atoms with E-state index in [4.69, 9.17) is 17.3 Å². The van der Waals surface area contributed by atoms with Gasteiger partial charge in [0.15, 0.2) is 5.15 Å². The Morgan fingerprint density at radius 1 is 1.47 bits per heavy atom. The van der Waals surface area contributed by atoms with Gasteiger partial charge in [0.05, 0.1) is 5.52 Å². The number of benzene rings is 1. The van der Waals surface area contributed by atoms with Crippen LogP contribution in [0.1, 0.15) is 25.5 Å². The molecule has 4 heteroatoms. The maximum Gasteiger partial charge on any atom is 0.159 e. The van der Waals surface area contributed by atoms with E-state index in [9.17, 15) is 0 Å². The van der Waals surface area contributed by atoms with Crippen LogP contribution in [0.5, 0.6) is 0 Å². The molecule has 0 unspecified atom stereocenters. The molecule has 0 atom stereocenters. The molecule has 1 aromatic heterocycles. The fourth-order valence-corrected chi connectivity index (χ4v) is 2.08. The number of hydrogen-bond donors (Lipinski definition) is 1. The first-order valence-corrected chi connectivity index (χ1v) is 5.38. The Hall–Kier alpha value is -1.06. The molecule has 0 aliphatic carbocycles. The van der Waals surface area contributed by atoms with Gasteiger partial charge in [0.25, 0.3) is 0 Å². The SMILES string of the molecule is CC(C)n1nc(Cl)c2c(CN)cccc21. The van der Waals surface area contributed by atoms with Crippen molar-refractivity contribution in [3.8, 4) is 0 Å². The summed E-state index contributed by atoms with van der Waals surface area (Å²) < 4.78 is 1.93. The van der Waals surface area contributed by atoms with Crippen molar-refractivity contribution >= 4 is 22.5 Å². The largest absolute Gasteiger partial charge is 0.326 e. The summed E-state index contributed by atoms with van der Waals surface area (Å²) in [4.78, 5) is 0. The first kappa shape index (κ1) is 10.5. The highest BCUT2D eigenvalue weighted by Crippen LogP contribution is 2.28. The number of hydrogen-bond acceptors (Lipinski definition) is 2. The molecule has 1 aromatic carbocycles. The van der Waals surface area contributed by atoms with Gasteiger partial charge in [-0.3, -0.25) is 4.68 Å². The molecular formula is C11H14ClN3. The molecular weight excluding hydrogens is 210 g/mol. The Bertz CT molecular complexity index is 488. The third kappa shape index (κ3) is 1.62. The van der Waals surface area contributed by atoms with Crippen molar-refractivity contribution in [2.24, 2.45) is 5.73 Å². The summed E-state index contributed by atoms with van der Waals surface area (Å²) in [6, 6.07) is 6.29. The molecule has 2 aromatic rings. The Balaban J connectivity index is 2.79. The van der Waals surface area contributed by atoms with Gasteiger partial charge in [-0.05, 0) is 25.5 Å². The van der Waals surface area contributed by atoms with Crippen molar-refractivity contribution < 1.29 is 0 Å². The van der Waals surface area contributed by atoms with Gasteiger partial charge in [-0.15, -0.1) is 0 Å². The van der Waals surface area contributed by atoms with Gasteiger partial charge in [-0.2, -0.15) is 5.10 Å². The summed E-state index contributed by atoms with van der Waals surface area (Å²) in [5.41, 5.74) is 7.77. The first-order chi connectivity index (χ1) is 7.15. The minimum Gasteiger partial charge on any atom is -0.326 e. The lowest BCUT2D eigenvalue weighted by molar-refractivity contribution is 0.551. The summed E-state index contributed by atoms with van der Waals surface area (Å²) in [5.74, 6) is 0. The maximum atomic E-state index is 6.12. The first-order valence-electron chi connectivity index (χ1n) is 5.00. The van der Waals surface area contributed by atoms with Gasteiger partial charge in [-0.1, -0.05) is 23.7 Å². The fraction of sp³-hybridized carbons (Fsp3) is 0.364. The van der Waals surface area contributed by atoms with Crippen LogP contribution in [0.2, 0.25) is 5.15 Å². The number of nitrogens with two attached hydrogens (primary N) is 1. The van der Waals surface area contributed by atoms with Crippen molar-refractivity contribution in [2.75, 3.05) is 0 Å². The van der Waals surface area contributed by atoms with Crippen LogP contribution in [-0.2, 0) is 6.54 Å². The van der Waals surface area contributed by atoms with Crippen LogP contribution in [0.15, 0.2) is 18.2 Å². The van der Waals surface area contributed by atoms with Gasteiger partial charge in [-0.25, -0.2) is 0 Å². The lowest BCUT2D eigenvalue weighted by Gasteiger charge is -2.07. The van der Waals surface area contributed by atoms with Gasteiger partial charge >= 0.3 is 0 Å². The van der Waals surface area contributed by atoms with Crippen LogP contribution in [0.3, 0.4) is 0 Å². The van der Waals surface area contributed by atoms with E-state index < -0.39 is 0 Å². The van der Waals surface area contributed by atoms with Crippen LogP contribution >= 0.6 is 11.6 Å². The molecule has 2 rings (SSSR count). The summed E-state index contributed by atoms with van der Waals surface area (Å²) in [6.45, 7) is 4.65. The Labute approximate surface area is 93.8 Å². The molecule has 0 saturated heterocycles. The quantitative estimate of drug-likeness (QED) is 0.851. The molecule has 0 amide bonds. The highest BCUT2D eigenvalue weighted by Gasteiger charge is 2.13. The predicted molar refractivity (Wildman–Crippen MR) is 63.0 cm³/mol. The minimum atomic E-state index is 0.299. The second-order valence-corrected chi connectivity index (χ2v) is 4.20. The van der Waals surface area contributed by atoms with Crippen LogP contribution in [-0.4, -0.2) is 9.78 Å². The number of aromatic nitrogens is 2. The Morgan fingerprint density at radius 2 is 2.20 bits per heavy atom. The van der Waals surface area contributed by atoms with E-state index >= 15 is 0 Å². The lowest BCUT2D eigenvalue weighted by Crippen LogP contribution is -2.02. The van der Waals surface area contributed by atoms with Crippen LogP contribution in [0.25, 0.3) is 10.9 Å². The molecule has 0 fully saturated rings. The van der Waals surface area contributed by atoms with Crippen LogP contribution in [0, 0.1) is 0 Å². The van der Waals surface area contributed by atoms with E-state index in [1.165, 1.54) is 0 Å². The molecule has 0 aliphatic rings. The van der Waals surface area contributed by atoms with Gasteiger partial charge in [0, 0.05) is 18.0 Å². The zero-order valence-corrected chi connectivity index (χ0v) is 9.62. The van der Waals surface area contributed by atoms with Crippen molar-refractivity contribution in [2.45, 2.75) is 26.4 Å². The van der Waals surface area contributed by atoms with Crippen molar-refractivity contribution in [3.63, 3.8) is 0 Å². The van der Waals surface area contributed by atoms with Crippen LogP contribution in [0.4, 0.5) is 0 Å². The van der Waals surface area contributed by atoms with E-state index in [0.717, 1.165) is 16.5 Å². The maximum absolute atomic E-state index is 6.12. The minimum absolute atomic E-state index is 0.299. The molecule has 3 nitrogen and oxygen atoms in total. The summed E-state index contributed by atoms with van der Waals surface area (Å²) in [6.07, 6.45) is 0. The molecule has 0 radical (unpaired) electrons. The van der Waals surface area contributed by atoms with Crippen LogP contribution < -0.4 is 5.73 Å². The van der Waals surface area contributed by atoms with E-state index in [-0.39, 0.29) is 0 Å². The van der Waals surface area contributed by atoms with E-state index in [2.05, 4.69) is 18.9 Å². The average molecular weight is 224 g/mol. The van der Waals surface area contributed by atoms with Gasteiger partial charge in [0.1, 0.15) is 0 Å². The second-order valence-electron chi connectivity index (χ2n) is 3.84. The molecule has 2 N–H and O–H groups in total. The second kappa shape index (κ2) is 3.83. The van der Waals surface area contributed by atoms with Crippen molar-refractivity contribution in [1.29, 1.82) is 0 Å². The number of nitrogens with zero attached hydrogens (tertiary/aromatic N) is 2. The zero-order chi connectivity index (χ0) is 11.0. The molecule has 0 bridgehead atoms. The fourth-order valence-electron chi connectivity index (χ4n) is 1.78. The topological polar surface area (TPSA) is 43.8 Å². The number of halogens is 1. The standard InChI is InChI=1S/C11H14ClN3/c1-7(2)15-9-5-3-4-8(6-13)10(9)11(12)14-15/h3-5,7H,6,13H2,1-2H3. The molecule has 0 aliphatic heterocycles. The van der Waals surface area contributed by atoms with Crippen molar-refractivity contribution in [3.05, 3.63) is 28.9 Å². The number of rotatable bonds is 2. The highest BCUT2D eigenvalue weighted by atomic mass is 35.5. The van der Waals surface area contributed by atoms with E-state index in [0.29, 0.717) is 17.7 Å². The highest BCUT2D eigenvalue weighted by molar-refractivity contribution is 6.34. The number of fused-ring (bicyclic) bond motifs is 1. The molecule has 80 valence electrons. The van der Waals surface area contributed by atoms with Gasteiger partial charge in [0.2, 0.25) is 0 Å². The monoisotopic (exact) mass is 223 g/mol. The van der Waals surface area contributed by atoms with E-state index in [1.807, 2.05) is 22.9 Å². The summed E-state index contributed by atoms with van der Waals surface area (Å²) >= 11 is 6.12. The van der Waals surface area contributed by atoms with Crippen molar-refractivity contribution in [1.82, 2.24) is 9.78 Å². The molecule has 15 heavy (non-hydrogen) atoms. The summed E-state index contributed by atoms with van der Waals surface area (Å²) in [5, 5.41) is 5.85. The molecule has 1 heterocycles. The van der Waals surface area contributed by atoms with E-state index in [1.54, 1.807) is 0 Å². The zero-order valence-electron chi connectivity index (χ0n) is 8.87. The average Bonchev–Trinajstić information content (AvgIpc) is 2.56. The molecule has 0 saturated carbocycles. The Morgan fingerprint density at radius 3 is 2.80 bits per heavy atom. The third-order valence-electron chi connectivity index (χ3n) is 2.49. The van der Waals surface area contributed by atoms with Gasteiger partial charge < -0.3 is 5.73 Å². The smallest absolute Gasteiger partial charge is 0.159 e.